The minimum Gasteiger partial charge on any atom is -0.496 e. The van der Waals surface area contributed by atoms with E-state index in [9.17, 15) is 4.39 Å². The molecule has 100 valence electrons. The zero-order chi connectivity index (χ0) is 13.1. The number of hydrogen-bond donors (Lipinski definition) is 1. The Balaban J connectivity index is 2.37. The van der Waals surface area contributed by atoms with E-state index in [0.29, 0.717) is 5.92 Å². The van der Waals surface area contributed by atoms with Crippen molar-refractivity contribution in [3.8, 4) is 5.75 Å². The molecule has 2 rings (SSSR count). The van der Waals surface area contributed by atoms with Gasteiger partial charge in [0.2, 0.25) is 0 Å². The standard InChI is InChI=1S/C14H21FN2O/c1-17(2)14(10-6-7-16-9-10)12-8-11(15)4-5-13(12)18-3/h4-5,8,10,14,16H,6-7,9H2,1-3H3. The van der Waals surface area contributed by atoms with Gasteiger partial charge in [0.25, 0.3) is 0 Å². The lowest BCUT2D eigenvalue weighted by atomic mass is 9.90. The van der Waals surface area contributed by atoms with Crippen LogP contribution in [0.5, 0.6) is 5.75 Å². The van der Waals surface area contributed by atoms with E-state index in [2.05, 4.69) is 10.2 Å². The molecule has 0 bridgehead atoms. The van der Waals surface area contributed by atoms with Crippen LogP contribution in [0.1, 0.15) is 18.0 Å². The molecule has 0 amide bonds. The van der Waals surface area contributed by atoms with Crippen LogP contribution >= 0.6 is 0 Å². The quantitative estimate of drug-likeness (QED) is 0.887. The summed E-state index contributed by atoms with van der Waals surface area (Å²) in [6.45, 7) is 2.01. The van der Waals surface area contributed by atoms with Crippen molar-refractivity contribution in [1.82, 2.24) is 10.2 Å². The Hall–Kier alpha value is -1.13. The minimum atomic E-state index is -0.205. The molecule has 0 spiro atoms. The molecule has 0 aliphatic carbocycles. The van der Waals surface area contributed by atoms with E-state index in [1.165, 1.54) is 6.07 Å². The number of ether oxygens (including phenoxy) is 1. The van der Waals surface area contributed by atoms with E-state index >= 15 is 0 Å². The van der Waals surface area contributed by atoms with E-state index in [1.54, 1.807) is 19.2 Å². The SMILES string of the molecule is COc1ccc(F)cc1C(C1CCNC1)N(C)C. The van der Waals surface area contributed by atoms with E-state index < -0.39 is 0 Å². The molecular weight excluding hydrogens is 231 g/mol. The van der Waals surface area contributed by atoms with E-state index in [0.717, 1.165) is 30.8 Å². The Kier molecular flexibility index (Phi) is 4.19. The molecule has 3 nitrogen and oxygen atoms in total. The van der Waals surface area contributed by atoms with Crippen LogP contribution in [0.4, 0.5) is 4.39 Å². The summed E-state index contributed by atoms with van der Waals surface area (Å²) in [5, 5.41) is 3.37. The van der Waals surface area contributed by atoms with Gasteiger partial charge < -0.3 is 15.0 Å². The molecule has 1 aromatic rings. The number of methoxy groups -OCH3 is 1. The molecule has 1 N–H and O–H groups in total. The molecule has 1 saturated heterocycles. The fraction of sp³-hybridized carbons (Fsp3) is 0.571. The van der Waals surface area contributed by atoms with Gasteiger partial charge in [0.05, 0.1) is 7.11 Å². The van der Waals surface area contributed by atoms with Crippen molar-refractivity contribution < 1.29 is 9.13 Å². The zero-order valence-electron chi connectivity index (χ0n) is 11.2. The van der Waals surface area contributed by atoms with Crippen molar-refractivity contribution in [3.63, 3.8) is 0 Å². The molecule has 1 heterocycles. The maximum atomic E-state index is 13.5. The average Bonchev–Trinajstić information content (AvgIpc) is 2.83. The van der Waals surface area contributed by atoms with Gasteiger partial charge in [-0.05, 0) is 57.7 Å². The summed E-state index contributed by atoms with van der Waals surface area (Å²) >= 11 is 0. The van der Waals surface area contributed by atoms with Gasteiger partial charge in [0.1, 0.15) is 11.6 Å². The van der Waals surface area contributed by atoms with Crippen LogP contribution in [-0.4, -0.2) is 39.2 Å². The second kappa shape index (κ2) is 5.67. The highest BCUT2D eigenvalue weighted by Crippen LogP contribution is 2.36. The first-order valence-corrected chi connectivity index (χ1v) is 6.34. The summed E-state index contributed by atoms with van der Waals surface area (Å²) in [5.74, 6) is 1.06. The third-order valence-electron chi connectivity index (χ3n) is 3.61. The molecule has 0 aromatic heterocycles. The number of benzene rings is 1. The topological polar surface area (TPSA) is 24.5 Å². The third kappa shape index (κ3) is 2.65. The van der Waals surface area contributed by atoms with Crippen molar-refractivity contribution in [2.45, 2.75) is 12.5 Å². The fourth-order valence-corrected chi connectivity index (χ4v) is 2.84. The molecular formula is C14H21FN2O. The van der Waals surface area contributed by atoms with E-state index in [1.807, 2.05) is 14.1 Å². The predicted octanol–water partition coefficient (Wildman–Crippen LogP) is 2.05. The van der Waals surface area contributed by atoms with Gasteiger partial charge in [-0.2, -0.15) is 0 Å². The molecule has 2 atom stereocenters. The molecule has 4 heteroatoms. The predicted molar refractivity (Wildman–Crippen MR) is 70.4 cm³/mol. The van der Waals surface area contributed by atoms with Crippen LogP contribution in [-0.2, 0) is 0 Å². The summed E-state index contributed by atoms with van der Waals surface area (Å²) in [5.41, 5.74) is 0.941. The Morgan fingerprint density at radius 2 is 2.22 bits per heavy atom. The van der Waals surface area contributed by atoms with Crippen LogP contribution in [0.25, 0.3) is 0 Å². The van der Waals surface area contributed by atoms with Gasteiger partial charge in [-0.15, -0.1) is 0 Å². The van der Waals surface area contributed by atoms with Gasteiger partial charge >= 0.3 is 0 Å². The maximum Gasteiger partial charge on any atom is 0.123 e. The molecule has 1 fully saturated rings. The zero-order valence-corrected chi connectivity index (χ0v) is 11.2. The van der Waals surface area contributed by atoms with Gasteiger partial charge in [-0.3, -0.25) is 0 Å². The fourth-order valence-electron chi connectivity index (χ4n) is 2.84. The van der Waals surface area contributed by atoms with Crippen LogP contribution < -0.4 is 10.1 Å². The normalized spacial score (nSPS) is 21.3. The minimum absolute atomic E-state index is 0.186. The largest absolute Gasteiger partial charge is 0.496 e. The summed E-state index contributed by atoms with van der Waals surface area (Å²) < 4.78 is 18.9. The van der Waals surface area contributed by atoms with Crippen molar-refractivity contribution >= 4 is 0 Å². The first-order valence-electron chi connectivity index (χ1n) is 6.34. The monoisotopic (exact) mass is 252 g/mol. The lowest BCUT2D eigenvalue weighted by Gasteiger charge is -2.31. The number of rotatable bonds is 4. The molecule has 1 aliphatic rings. The Morgan fingerprint density at radius 3 is 2.78 bits per heavy atom. The average molecular weight is 252 g/mol. The smallest absolute Gasteiger partial charge is 0.123 e. The van der Waals surface area contributed by atoms with Gasteiger partial charge in [0.15, 0.2) is 0 Å². The van der Waals surface area contributed by atoms with Crippen molar-refractivity contribution in [2.24, 2.45) is 5.92 Å². The highest BCUT2D eigenvalue weighted by Gasteiger charge is 2.30. The molecule has 1 aromatic carbocycles. The number of nitrogens with zero attached hydrogens (tertiary/aromatic N) is 1. The lowest BCUT2D eigenvalue weighted by Crippen LogP contribution is -2.29. The first-order chi connectivity index (χ1) is 8.63. The van der Waals surface area contributed by atoms with Crippen LogP contribution in [0.3, 0.4) is 0 Å². The van der Waals surface area contributed by atoms with Crippen molar-refractivity contribution in [3.05, 3.63) is 29.6 Å². The van der Waals surface area contributed by atoms with Gasteiger partial charge in [-0.1, -0.05) is 0 Å². The summed E-state index contributed by atoms with van der Waals surface area (Å²) in [6, 6.07) is 4.94. The molecule has 0 radical (unpaired) electrons. The number of halogens is 1. The second-order valence-corrected chi connectivity index (χ2v) is 5.05. The number of nitrogens with one attached hydrogen (secondary N) is 1. The van der Waals surface area contributed by atoms with E-state index in [-0.39, 0.29) is 11.9 Å². The lowest BCUT2D eigenvalue weighted by molar-refractivity contribution is 0.216. The molecule has 1 aliphatic heterocycles. The first kappa shape index (κ1) is 13.3. The molecule has 0 saturated carbocycles. The van der Waals surface area contributed by atoms with Crippen LogP contribution in [0.15, 0.2) is 18.2 Å². The van der Waals surface area contributed by atoms with Gasteiger partial charge in [0, 0.05) is 11.6 Å². The third-order valence-corrected chi connectivity index (χ3v) is 3.61. The Bertz CT molecular complexity index is 403. The Morgan fingerprint density at radius 1 is 1.44 bits per heavy atom. The van der Waals surface area contributed by atoms with Crippen molar-refractivity contribution in [2.75, 3.05) is 34.3 Å². The maximum absolute atomic E-state index is 13.5. The highest BCUT2D eigenvalue weighted by molar-refractivity contribution is 5.37. The Labute approximate surface area is 108 Å². The second-order valence-electron chi connectivity index (χ2n) is 5.05. The number of hydrogen-bond acceptors (Lipinski definition) is 3. The summed E-state index contributed by atoms with van der Waals surface area (Å²) in [6.07, 6.45) is 1.11. The molecule has 18 heavy (non-hydrogen) atoms. The van der Waals surface area contributed by atoms with Crippen LogP contribution in [0.2, 0.25) is 0 Å². The van der Waals surface area contributed by atoms with Crippen LogP contribution in [0, 0.1) is 11.7 Å². The highest BCUT2D eigenvalue weighted by atomic mass is 19.1. The van der Waals surface area contributed by atoms with Gasteiger partial charge in [-0.25, -0.2) is 4.39 Å². The van der Waals surface area contributed by atoms with E-state index in [4.69, 9.17) is 4.74 Å². The van der Waals surface area contributed by atoms with Crippen molar-refractivity contribution in [1.29, 1.82) is 0 Å². The molecule has 2 unspecified atom stereocenters. The summed E-state index contributed by atoms with van der Waals surface area (Å²) in [4.78, 5) is 2.15. The summed E-state index contributed by atoms with van der Waals surface area (Å²) in [7, 11) is 5.71.